The van der Waals surface area contributed by atoms with Crippen molar-refractivity contribution in [3.05, 3.63) is 53.7 Å². The number of hydrogen-bond acceptors (Lipinski definition) is 4. The van der Waals surface area contributed by atoms with Crippen LogP contribution < -0.4 is 10.6 Å². The van der Waals surface area contributed by atoms with E-state index in [1.54, 1.807) is 18.3 Å². The number of halogens is 3. The Balaban J connectivity index is 1.55. The van der Waals surface area contributed by atoms with E-state index in [4.69, 9.17) is 4.74 Å². The highest BCUT2D eigenvalue weighted by Gasteiger charge is 2.30. The highest BCUT2D eigenvalue weighted by Crippen LogP contribution is 2.29. The van der Waals surface area contributed by atoms with Crippen molar-refractivity contribution in [1.29, 1.82) is 0 Å². The Morgan fingerprint density at radius 2 is 1.96 bits per heavy atom. The van der Waals surface area contributed by atoms with Gasteiger partial charge in [-0.3, -0.25) is 4.79 Å². The maximum absolute atomic E-state index is 12.5. The molecule has 1 aromatic heterocycles. The van der Waals surface area contributed by atoms with Crippen molar-refractivity contribution >= 4 is 17.4 Å². The SMILES string of the molecule is O=C(Nc1ccc(NCC2CCCO2)cn1)c1ccc(C(F)(F)F)cc1. The number of ether oxygens (including phenoxy) is 1. The predicted octanol–water partition coefficient (Wildman–Crippen LogP) is 3.94. The number of aromatic nitrogens is 1. The molecule has 0 aliphatic carbocycles. The molecule has 1 unspecified atom stereocenters. The molecule has 1 saturated heterocycles. The van der Waals surface area contributed by atoms with Gasteiger partial charge in [0, 0.05) is 18.7 Å². The molecule has 1 aromatic carbocycles. The lowest BCUT2D eigenvalue weighted by atomic mass is 10.1. The van der Waals surface area contributed by atoms with Crippen LogP contribution in [0.15, 0.2) is 42.6 Å². The highest BCUT2D eigenvalue weighted by atomic mass is 19.4. The summed E-state index contributed by atoms with van der Waals surface area (Å²) in [6.07, 6.45) is -0.546. The maximum atomic E-state index is 12.5. The average Bonchev–Trinajstić information content (AvgIpc) is 3.14. The number of pyridine rings is 1. The fourth-order valence-electron chi connectivity index (χ4n) is 2.61. The largest absolute Gasteiger partial charge is 0.416 e. The second-order valence-electron chi connectivity index (χ2n) is 5.98. The molecular formula is C18H18F3N3O2. The van der Waals surface area contributed by atoms with Gasteiger partial charge in [-0.1, -0.05) is 0 Å². The van der Waals surface area contributed by atoms with Gasteiger partial charge in [0.05, 0.1) is 23.6 Å². The number of nitrogens with one attached hydrogen (secondary N) is 2. The first kappa shape index (κ1) is 18.2. The molecule has 3 rings (SSSR count). The predicted molar refractivity (Wildman–Crippen MR) is 91.1 cm³/mol. The lowest BCUT2D eigenvalue weighted by Crippen LogP contribution is -2.18. The Morgan fingerprint density at radius 3 is 2.54 bits per heavy atom. The molecule has 5 nitrogen and oxygen atoms in total. The Morgan fingerprint density at radius 1 is 1.19 bits per heavy atom. The third kappa shape index (κ3) is 4.72. The van der Waals surface area contributed by atoms with Gasteiger partial charge in [-0.05, 0) is 49.2 Å². The zero-order valence-electron chi connectivity index (χ0n) is 13.8. The highest BCUT2D eigenvalue weighted by molar-refractivity contribution is 6.03. The monoisotopic (exact) mass is 365 g/mol. The lowest BCUT2D eigenvalue weighted by molar-refractivity contribution is -0.137. The zero-order valence-corrected chi connectivity index (χ0v) is 13.8. The molecule has 2 heterocycles. The summed E-state index contributed by atoms with van der Waals surface area (Å²) in [6.45, 7) is 1.48. The molecule has 1 amide bonds. The molecule has 2 N–H and O–H groups in total. The number of carbonyl (C=O) groups is 1. The first-order valence-corrected chi connectivity index (χ1v) is 8.22. The normalized spacial score (nSPS) is 17.1. The third-order valence-electron chi connectivity index (χ3n) is 4.04. The molecule has 138 valence electrons. The first-order chi connectivity index (χ1) is 12.4. The van der Waals surface area contributed by atoms with Crippen molar-refractivity contribution in [2.24, 2.45) is 0 Å². The summed E-state index contributed by atoms with van der Waals surface area (Å²) in [4.78, 5) is 16.2. The van der Waals surface area contributed by atoms with Crippen LogP contribution in [-0.4, -0.2) is 30.1 Å². The quantitative estimate of drug-likeness (QED) is 0.842. The van der Waals surface area contributed by atoms with Crippen LogP contribution in [0.3, 0.4) is 0 Å². The van der Waals surface area contributed by atoms with E-state index in [2.05, 4.69) is 15.6 Å². The van der Waals surface area contributed by atoms with Crippen LogP contribution in [0.25, 0.3) is 0 Å². The summed E-state index contributed by atoms with van der Waals surface area (Å²) in [5, 5.41) is 5.77. The molecule has 0 saturated carbocycles. The molecule has 8 heteroatoms. The number of nitrogens with zero attached hydrogens (tertiary/aromatic N) is 1. The molecule has 1 aliphatic rings. The molecule has 2 aromatic rings. The van der Waals surface area contributed by atoms with Gasteiger partial charge in [-0.15, -0.1) is 0 Å². The van der Waals surface area contributed by atoms with Gasteiger partial charge in [0.1, 0.15) is 5.82 Å². The summed E-state index contributed by atoms with van der Waals surface area (Å²) < 4.78 is 43.1. The molecule has 0 bridgehead atoms. The summed E-state index contributed by atoms with van der Waals surface area (Å²) in [5.74, 6) is -0.205. The van der Waals surface area contributed by atoms with E-state index in [1.807, 2.05) is 0 Å². The van der Waals surface area contributed by atoms with Crippen LogP contribution in [-0.2, 0) is 10.9 Å². The fourth-order valence-corrected chi connectivity index (χ4v) is 2.61. The van der Waals surface area contributed by atoms with Crippen LogP contribution in [0.4, 0.5) is 24.7 Å². The summed E-state index contributed by atoms with van der Waals surface area (Å²) in [7, 11) is 0. The van der Waals surface area contributed by atoms with E-state index in [-0.39, 0.29) is 11.7 Å². The van der Waals surface area contributed by atoms with Gasteiger partial charge in [0.25, 0.3) is 5.91 Å². The standard InChI is InChI=1S/C18H18F3N3O2/c19-18(20,21)13-5-3-12(4-6-13)17(25)24-16-8-7-14(10-23-16)22-11-15-2-1-9-26-15/h3-8,10,15,22H,1-2,9,11H2,(H,23,24,25). The van der Waals surface area contributed by atoms with Crippen LogP contribution >= 0.6 is 0 Å². The minimum atomic E-state index is -4.43. The van der Waals surface area contributed by atoms with Crippen molar-refractivity contribution in [3.8, 4) is 0 Å². The van der Waals surface area contributed by atoms with Crippen molar-refractivity contribution in [2.45, 2.75) is 25.1 Å². The van der Waals surface area contributed by atoms with Gasteiger partial charge >= 0.3 is 6.18 Å². The van der Waals surface area contributed by atoms with E-state index in [0.717, 1.165) is 49.4 Å². The Bertz CT molecular complexity index is 740. The van der Waals surface area contributed by atoms with Gasteiger partial charge in [-0.2, -0.15) is 13.2 Å². The molecule has 1 aliphatic heterocycles. The summed E-state index contributed by atoms with van der Waals surface area (Å²) in [6, 6.07) is 7.41. The van der Waals surface area contributed by atoms with E-state index in [9.17, 15) is 18.0 Å². The Hall–Kier alpha value is -2.61. The fraction of sp³-hybridized carbons (Fsp3) is 0.333. The minimum Gasteiger partial charge on any atom is -0.381 e. The molecule has 0 spiro atoms. The van der Waals surface area contributed by atoms with Crippen molar-refractivity contribution in [3.63, 3.8) is 0 Å². The van der Waals surface area contributed by atoms with Gasteiger partial charge < -0.3 is 15.4 Å². The first-order valence-electron chi connectivity index (χ1n) is 8.22. The van der Waals surface area contributed by atoms with Crippen LogP contribution in [0.1, 0.15) is 28.8 Å². The van der Waals surface area contributed by atoms with Crippen LogP contribution in [0.2, 0.25) is 0 Å². The maximum Gasteiger partial charge on any atom is 0.416 e. The smallest absolute Gasteiger partial charge is 0.381 e. The van der Waals surface area contributed by atoms with Crippen LogP contribution in [0, 0.1) is 0 Å². The molecule has 1 atom stereocenters. The van der Waals surface area contributed by atoms with E-state index in [0.29, 0.717) is 12.4 Å². The second kappa shape index (κ2) is 7.74. The number of amides is 1. The number of carbonyl (C=O) groups excluding carboxylic acids is 1. The van der Waals surface area contributed by atoms with Gasteiger partial charge in [0.15, 0.2) is 0 Å². The van der Waals surface area contributed by atoms with Gasteiger partial charge in [-0.25, -0.2) is 4.98 Å². The zero-order chi connectivity index (χ0) is 18.6. The topological polar surface area (TPSA) is 63.2 Å². The van der Waals surface area contributed by atoms with E-state index in [1.165, 1.54) is 0 Å². The number of anilines is 2. The number of hydrogen-bond donors (Lipinski definition) is 2. The lowest BCUT2D eigenvalue weighted by Gasteiger charge is -2.12. The number of rotatable bonds is 5. The van der Waals surface area contributed by atoms with Crippen LogP contribution in [0.5, 0.6) is 0 Å². The second-order valence-corrected chi connectivity index (χ2v) is 5.98. The molecule has 0 radical (unpaired) electrons. The average molecular weight is 365 g/mol. The Labute approximate surface area is 148 Å². The number of alkyl halides is 3. The molecule has 26 heavy (non-hydrogen) atoms. The summed E-state index contributed by atoms with van der Waals surface area (Å²) in [5.41, 5.74) is 0.127. The molecule has 1 fully saturated rings. The molecular weight excluding hydrogens is 347 g/mol. The number of benzene rings is 1. The van der Waals surface area contributed by atoms with E-state index < -0.39 is 17.6 Å². The van der Waals surface area contributed by atoms with Crippen molar-refractivity contribution in [1.82, 2.24) is 4.98 Å². The van der Waals surface area contributed by atoms with Crippen molar-refractivity contribution in [2.75, 3.05) is 23.8 Å². The van der Waals surface area contributed by atoms with Crippen molar-refractivity contribution < 1.29 is 22.7 Å². The Kier molecular flexibility index (Phi) is 5.41. The minimum absolute atomic E-state index is 0.125. The summed E-state index contributed by atoms with van der Waals surface area (Å²) >= 11 is 0. The van der Waals surface area contributed by atoms with Gasteiger partial charge in [0.2, 0.25) is 0 Å². The third-order valence-corrected chi connectivity index (χ3v) is 4.04. The van der Waals surface area contributed by atoms with E-state index >= 15 is 0 Å².